The SMILES string of the molecule is CS(=O)(=O)Nc1ccnc(Cl)c1I. The van der Waals surface area contributed by atoms with E-state index < -0.39 is 10.0 Å². The van der Waals surface area contributed by atoms with Gasteiger partial charge in [-0.25, -0.2) is 13.4 Å². The molecule has 0 aliphatic carbocycles. The van der Waals surface area contributed by atoms with Crippen molar-refractivity contribution in [1.29, 1.82) is 0 Å². The van der Waals surface area contributed by atoms with Gasteiger partial charge in [-0.1, -0.05) is 11.6 Å². The summed E-state index contributed by atoms with van der Waals surface area (Å²) >= 11 is 7.61. The molecule has 13 heavy (non-hydrogen) atoms. The van der Waals surface area contributed by atoms with E-state index in [0.29, 0.717) is 9.26 Å². The number of halogens is 2. The Bertz CT molecular complexity index is 421. The molecule has 0 saturated carbocycles. The van der Waals surface area contributed by atoms with Crippen LogP contribution < -0.4 is 4.72 Å². The molecule has 0 saturated heterocycles. The first-order chi connectivity index (χ1) is 5.90. The quantitative estimate of drug-likeness (QED) is 0.662. The van der Waals surface area contributed by atoms with Gasteiger partial charge in [-0.15, -0.1) is 0 Å². The lowest BCUT2D eigenvalue weighted by Gasteiger charge is -2.05. The number of nitrogens with zero attached hydrogens (tertiary/aromatic N) is 1. The van der Waals surface area contributed by atoms with E-state index in [-0.39, 0.29) is 5.15 Å². The van der Waals surface area contributed by atoms with E-state index in [0.717, 1.165) is 6.26 Å². The molecule has 0 bridgehead atoms. The van der Waals surface area contributed by atoms with E-state index in [1.165, 1.54) is 6.20 Å². The minimum absolute atomic E-state index is 0.286. The first-order valence-corrected chi connectivity index (χ1v) is 6.53. The molecule has 72 valence electrons. The van der Waals surface area contributed by atoms with Crippen molar-refractivity contribution in [2.75, 3.05) is 11.0 Å². The van der Waals surface area contributed by atoms with Crippen molar-refractivity contribution in [1.82, 2.24) is 4.98 Å². The Hall–Kier alpha value is -0.0800. The molecule has 7 heteroatoms. The molecule has 1 N–H and O–H groups in total. The minimum Gasteiger partial charge on any atom is -0.283 e. The molecule has 1 aromatic rings. The van der Waals surface area contributed by atoms with Crippen LogP contribution in [0.4, 0.5) is 5.69 Å². The van der Waals surface area contributed by atoms with Gasteiger partial charge >= 0.3 is 0 Å². The Morgan fingerprint density at radius 1 is 1.62 bits per heavy atom. The van der Waals surface area contributed by atoms with Crippen molar-refractivity contribution in [3.8, 4) is 0 Å². The van der Waals surface area contributed by atoms with E-state index in [9.17, 15) is 8.42 Å². The lowest BCUT2D eigenvalue weighted by atomic mass is 10.4. The minimum atomic E-state index is -3.26. The number of hydrogen-bond acceptors (Lipinski definition) is 3. The van der Waals surface area contributed by atoms with Crippen LogP contribution in [0.15, 0.2) is 12.3 Å². The molecule has 0 aromatic carbocycles. The van der Waals surface area contributed by atoms with Crippen LogP contribution in [0.1, 0.15) is 0 Å². The van der Waals surface area contributed by atoms with E-state index in [1.54, 1.807) is 6.07 Å². The standard InChI is InChI=1S/C6H6ClIN2O2S/c1-13(11,12)10-4-2-3-9-6(7)5(4)8/h2-3H,1H3,(H,9,10). The van der Waals surface area contributed by atoms with Crippen LogP contribution in [0.25, 0.3) is 0 Å². The van der Waals surface area contributed by atoms with E-state index in [1.807, 2.05) is 22.6 Å². The van der Waals surface area contributed by atoms with Gasteiger partial charge in [-0.05, 0) is 28.7 Å². The van der Waals surface area contributed by atoms with Crippen molar-refractivity contribution in [3.63, 3.8) is 0 Å². The zero-order valence-electron chi connectivity index (χ0n) is 6.58. The third kappa shape index (κ3) is 3.28. The predicted octanol–water partition coefficient (Wildman–Crippen LogP) is 1.71. The highest BCUT2D eigenvalue weighted by Crippen LogP contribution is 2.24. The maximum absolute atomic E-state index is 10.9. The molecule has 0 fully saturated rings. The summed E-state index contributed by atoms with van der Waals surface area (Å²) < 4.78 is 24.7. The van der Waals surface area contributed by atoms with Crippen molar-refractivity contribution < 1.29 is 8.42 Å². The summed E-state index contributed by atoms with van der Waals surface area (Å²) in [4.78, 5) is 3.79. The molecule has 4 nitrogen and oxygen atoms in total. The second-order valence-corrected chi connectivity index (χ2v) is 5.52. The van der Waals surface area contributed by atoms with Crippen LogP contribution in [-0.2, 0) is 10.0 Å². The zero-order valence-corrected chi connectivity index (χ0v) is 10.3. The van der Waals surface area contributed by atoms with Gasteiger partial charge < -0.3 is 0 Å². The highest BCUT2D eigenvalue weighted by molar-refractivity contribution is 14.1. The second kappa shape index (κ2) is 3.97. The summed E-state index contributed by atoms with van der Waals surface area (Å²) in [6, 6.07) is 1.55. The summed E-state index contributed by atoms with van der Waals surface area (Å²) in [7, 11) is -3.26. The molecule has 0 radical (unpaired) electrons. The highest BCUT2D eigenvalue weighted by Gasteiger charge is 2.08. The number of nitrogens with one attached hydrogen (secondary N) is 1. The number of hydrogen-bond donors (Lipinski definition) is 1. The first-order valence-electron chi connectivity index (χ1n) is 3.18. The number of anilines is 1. The molecule has 1 rings (SSSR count). The van der Waals surface area contributed by atoms with E-state index >= 15 is 0 Å². The van der Waals surface area contributed by atoms with Gasteiger partial charge in [0.25, 0.3) is 0 Å². The van der Waals surface area contributed by atoms with Crippen LogP contribution in [0, 0.1) is 3.57 Å². The largest absolute Gasteiger partial charge is 0.283 e. The highest BCUT2D eigenvalue weighted by atomic mass is 127. The predicted molar refractivity (Wildman–Crippen MR) is 60.4 cm³/mol. The van der Waals surface area contributed by atoms with Gasteiger partial charge in [-0.2, -0.15) is 0 Å². The Kier molecular flexibility index (Phi) is 3.36. The summed E-state index contributed by atoms with van der Waals surface area (Å²) in [6.07, 6.45) is 2.52. The van der Waals surface area contributed by atoms with Gasteiger partial charge in [0.1, 0.15) is 5.15 Å². The molecule has 1 aromatic heterocycles. The number of pyridine rings is 1. The monoisotopic (exact) mass is 332 g/mol. The fraction of sp³-hybridized carbons (Fsp3) is 0.167. The first kappa shape index (κ1) is 11.0. The fourth-order valence-corrected chi connectivity index (χ4v) is 2.06. The molecule has 0 spiro atoms. The van der Waals surface area contributed by atoms with Crippen LogP contribution in [0.2, 0.25) is 5.15 Å². The third-order valence-corrected chi connectivity index (χ3v) is 3.43. The fourth-order valence-electron chi connectivity index (χ4n) is 0.697. The normalized spacial score (nSPS) is 11.3. The van der Waals surface area contributed by atoms with Crippen LogP contribution in [-0.4, -0.2) is 19.7 Å². The second-order valence-electron chi connectivity index (χ2n) is 2.34. The van der Waals surface area contributed by atoms with Gasteiger partial charge in [0.2, 0.25) is 10.0 Å². The molecular formula is C6H6ClIN2O2S. The Balaban J connectivity index is 3.10. The van der Waals surface area contributed by atoms with Gasteiger partial charge in [0.05, 0.1) is 15.5 Å². The smallest absolute Gasteiger partial charge is 0.229 e. The summed E-state index contributed by atoms with van der Waals surface area (Å²) in [6.45, 7) is 0. The summed E-state index contributed by atoms with van der Waals surface area (Å²) in [5.74, 6) is 0. The lowest BCUT2D eigenvalue weighted by Crippen LogP contribution is -2.10. The lowest BCUT2D eigenvalue weighted by molar-refractivity contribution is 0.607. The Morgan fingerprint density at radius 3 is 2.77 bits per heavy atom. The van der Waals surface area contributed by atoms with Crippen molar-refractivity contribution in [2.24, 2.45) is 0 Å². The van der Waals surface area contributed by atoms with Crippen LogP contribution in [0.3, 0.4) is 0 Å². The van der Waals surface area contributed by atoms with E-state index in [2.05, 4.69) is 9.71 Å². The number of rotatable bonds is 2. The topological polar surface area (TPSA) is 59.1 Å². The average Bonchev–Trinajstić information content (AvgIpc) is 1.96. The number of aromatic nitrogens is 1. The van der Waals surface area contributed by atoms with E-state index in [4.69, 9.17) is 11.6 Å². The summed E-state index contributed by atoms with van der Waals surface area (Å²) in [5.41, 5.74) is 0.447. The molecule has 1 heterocycles. The van der Waals surface area contributed by atoms with Crippen LogP contribution in [0.5, 0.6) is 0 Å². The molecule has 0 unspecified atom stereocenters. The van der Waals surface area contributed by atoms with Gasteiger partial charge in [0.15, 0.2) is 0 Å². The Morgan fingerprint density at radius 2 is 2.23 bits per heavy atom. The zero-order chi connectivity index (χ0) is 10.1. The maximum atomic E-state index is 10.9. The molecule has 0 atom stereocenters. The third-order valence-electron chi connectivity index (χ3n) is 1.14. The van der Waals surface area contributed by atoms with Crippen molar-refractivity contribution in [3.05, 3.63) is 21.0 Å². The van der Waals surface area contributed by atoms with Crippen LogP contribution >= 0.6 is 34.2 Å². The molecule has 0 aliphatic rings. The van der Waals surface area contributed by atoms with Crippen molar-refractivity contribution >= 4 is 49.9 Å². The van der Waals surface area contributed by atoms with Gasteiger partial charge in [0, 0.05) is 6.20 Å². The molecular weight excluding hydrogens is 327 g/mol. The van der Waals surface area contributed by atoms with Gasteiger partial charge in [-0.3, -0.25) is 4.72 Å². The van der Waals surface area contributed by atoms with Crippen molar-refractivity contribution in [2.45, 2.75) is 0 Å². The molecule has 0 amide bonds. The molecule has 0 aliphatic heterocycles. The maximum Gasteiger partial charge on any atom is 0.229 e. The average molecular weight is 333 g/mol. The Labute approximate surface area is 94.9 Å². The summed E-state index contributed by atoms with van der Waals surface area (Å²) in [5, 5.41) is 0.286. The number of sulfonamides is 1.